The van der Waals surface area contributed by atoms with Crippen molar-refractivity contribution >= 4 is 34.1 Å². The third kappa shape index (κ3) is 4.27. The molecule has 0 aliphatic heterocycles. The molecular formula is C13H19N3O4S. The van der Waals surface area contributed by atoms with Gasteiger partial charge < -0.3 is 20.7 Å². The van der Waals surface area contributed by atoms with Crippen LogP contribution < -0.4 is 11.1 Å². The smallest absolute Gasteiger partial charge is 0.341 e. The minimum absolute atomic E-state index is 0.158. The predicted molar refractivity (Wildman–Crippen MR) is 80.7 cm³/mol. The molecule has 116 valence electrons. The van der Waals surface area contributed by atoms with Gasteiger partial charge in [-0.25, -0.2) is 4.79 Å². The standard InChI is InChI=1S/C13H19N3O4S/c1-5-20-13(19)9-7(2)10(11(14)18)21-12(9)15-8(17)6-16(3)4/h5-6H2,1-4H3,(H2,14,18)(H,15,17). The van der Waals surface area contributed by atoms with E-state index in [9.17, 15) is 14.4 Å². The number of likely N-dealkylation sites (N-methyl/N-ethyl adjacent to an activating group) is 1. The van der Waals surface area contributed by atoms with Gasteiger partial charge in [-0.1, -0.05) is 0 Å². The quantitative estimate of drug-likeness (QED) is 0.758. The van der Waals surface area contributed by atoms with E-state index in [1.54, 1.807) is 32.8 Å². The SMILES string of the molecule is CCOC(=O)c1c(NC(=O)CN(C)C)sc(C(N)=O)c1C. The maximum atomic E-state index is 12.0. The third-order valence-corrected chi connectivity index (χ3v) is 3.78. The summed E-state index contributed by atoms with van der Waals surface area (Å²) in [4.78, 5) is 37.1. The van der Waals surface area contributed by atoms with E-state index in [2.05, 4.69) is 5.32 Å². The zero-order valence-electron chi connectivity index (χ0n) is 12.5. The van der Waals surface area contributed by atoms with Crippen molar-refractivity contribution in [1.82, 2.24) is 4.90 Å². The topological polar surface area (TPSA) is 102 Å². The molecule has 0 radical (unpaired) electrons. The van der Waals surface area contributed by atoms with Crippen molar-refractivity contribution < 1.29 is 19.1 Å². The second kappa shape index (κ2) is 7.19. The Balaban J connectivity index is 3.17. The molecule has 0 aliphatic carbocycles. The number of amides is 2. The summed E-state index contributed by atoms with van der Waals surface area (Å²) in [5.74, 6) is -1.52. The fourth-order valence-electron chi connectivity index (χ4n) is 1.74. The van der Waals surface area contributed by atoms with Gasteiger partial charge in [-0.2, -0.15) is 0 Å². The summed E-state index contributed by atoms with van der Waals surface area (Å²) in [5.41, 5.74) is 5.89. The molecule has 0 saturated carbocycles. The van der Waals surface area contributed by atoms with E-state index in [4.69, 9.17) is 10.5 Å². The molecule has 0 aromatic carbocycles. The van der Waals surface area contributed by atoms with Crippen molar-refractivity contribution in [3.8, 4) is 0 Å². The molecule has 1 aromatic rings. The van der Waals surface area contributed by atoms with E-state index >= 15 is 0 Å². The number of thiophene rings is 1. The Hall–Kier alpha value is -1.93. The summed E-state index contributed by atoms with van der Waals surface area (Å²) in [6.07, 6.45) is 0. The van der Waals surface area contributed by atoms with Crippen LogP contribution >= 0.6 is 11.3 Å². The Morgan fingerprint density at radius 1 is 1.33 bits per heavy atom. The number of hydrogen-bond donors (Lipinski definition) is 2. The number of rotatable bonds is 6. The Bertz CT molecular complexity index is 566. The zero-order chi connectivity index (χ0) is 16.2. The molecule has 1 heterocycles. The van der Waals surface area contributed by atoms with Crippen LogP contribution in [-0.4, -0.2) is 49.9 Å². The summed E-state index contributed by atoms with van der Waals surface area (Å²) >= 11 is 0.978. The van der Waals surface area contributed by atoms with Crippen LogP contribution in [0.2, 0.25) is 0 Å². The number of esters is 1. The first kappa shape index (κ1) is 17.1. The van der Waals surface area contributed by atoms with Crippen molar-refractivity contribution in [2.75, 3.05) is 32.6 Å². The average Bonchev–Trinajstić information content (AvgIpc) is 2.65. The highest BCUT2D eigenvalue weighted by Crippen LogP contribution is 2.33. The lowest BCUT2D eigenvalue weighted by Crippen LogP contribution is -2.27. The van der Waals surface area contributed by atoms with Gasteiger partial charge >= 0.3 is 5.97 Å². The zero-order valence-corrected chi connectivity index (χ0v) is 13.3. The average molecular weight is 313 g/mol. The number of nitrogens with one attached hydrogen (secondary N) is 1. The van der Waals surface area contributed by atoms with E-state index in [1.165, 1.54) is 0 Å². The summed E-state index contributed by atoms with van der Waals surface area (Å²) in [6, 6.07) is 0. The predicted octanol–water partition coefficient (Wildman–Crippen LogP) is 0.832. The fraction of sp³-hybridized carbons (Fsp3) is 0.462. The van der Waals surface area contributed by atoms with Crippen molar-refractivity contribution in [2.45, 2.75) is 13.8 Å². The summed E-state index contributed by atoms with van der Waals surface area (Å²) < 4.78 is 4.96. The molecule has 21 heavy (non-hydrogen) atoms. The number of ether oxygens (including phenoxy) is 1. The highest BCUT2D eigenvalue weighted by Gasteiger charge is 2.25. The summed E-state index contributed by atoms with van der Waals surface area (Å²) in [6.45, 7) is 3.64. The lowest BCUT2D eigenvalue weighted by atomic mass is 10.1. The number of hydrogen-bond acceptors (Lipinski definition) is 6. The van der Waals surface area contributed by atoms with Crippen molar-refractivity contribution in [2.24, 2.45) is 5.73 Å². The number of nitrogens with zero attached hydrogens (tertiary/aromatic N) is 1. The van der Waals surface area contributed by atoms with Gasteiger partial charge in [0.25, 0.3) is 5.91 Å². The van der Waals surface area contributed by atoms with Gasteiger partial charge in [0, 0.05) is 0 Å². The van der Waals surface area contributed by atoms with Crippen LogP contribution in [0, 0.1) is 6.92 Å². The molecule has 0 saturated heterocycles. The van der Waals surface area contributed by atoms with Gasteiger partial charge in [0.1, 0.15) is 5.00 Å². The van der Waals surface area contributed by atoms with E-state index in [0.717, 1.165) is 11.3 Å². The van der Waals surface area contributed by atoms with Gasteiger partial charge in [0.15, 0.2) is 0 Å². The minimum Gasteiger partial charge on any atom is -0.462 e. The molecule has 2 amide bonds. The van der Waals surface area contributed by atoms with Crippen LogP contribution in [0.25, 0.3) is 0 Å². The Morgan fingerprint density at radius 3 is 2.43 bits per heavy atom. The molecule has 8 heteroatoms. The number of anilines is 1. The fourth-order valence-corrected chi connectivity index (χ4v) is 2.80. The number of carbonyl (C=O) groups is 3. The number of nitrogens with two attached hydrogens (primary N) is 1. The van der Waals surface area contributed by atoms with Crippen LogP contribution in [0.3, 0.4) is 0 Å². The van der Waals surface area contributed by atoms with Gasteiger partial charge in [-0.15, -0.1) is 11.3 Å². The van der Waals surface area contributed by atoms with Gasteiger partial charge in [0.2, 0.25) is 5.91 Å². The third-order valence-electron chi connectivity index (χ3n) is 2.56. The summed E-state index contributed by atoms with van der Waals surface area (Å²) in [5, 5.41) is 2.91. The van der Waals surface area contributed by atoms with E-state index < -0.39 is 11.9 Å². The lowest BCUT2D eigenvalue weighted by Gasteiger charge is -2.10. The second-order valence-electron chi connectivity index (χ2n) is 4.63. The first-order chi connectivity index (χ1) is 9.77. The van der Waals surface area contributed by atoms with Crippen LogP contribution in [-0.2, 0) is 9.53 Å². The van der Waals surface area contributed by atoms with E-state index in [1.807, 2.05) is 0 Å². The van der Waals surface area contributed by atoms with Crippen LogP contribution in [0.5, 0.6) is 0 Å². The number of carbonyl (C=O) groups excluding carboxylic acids is 3. The molecule has 0 atom stereocenters. The minimum atomic E-state index is -0.642. The molecule has 3 N–H and O–H groups in total. The van der Waals surface area contributed by atoms with Gasteiger partial charge in [-0.05, 0) is 33.5 Å². The molecule has 1 rings (SSSR count). The Morgan fingerprint density at radius 2 is 1.95 bits per heavy atom. The first-order valence-corrected chi connectivity index (χ1v) is 7.14. The molecule has 0 fully saturated rings. The van der Waals surface area contributed by atoms with Crippen molar-refractivity contribution in [3.05, 3.63) is 16.0 Å². The highest BCUT2D eigenvalue weighted by atomic mass is 32.1. The second-order valence-corrected chi connectivity index (χ2v) is 5.65. The Labute approximate surface area is 127 Å². The van der Waals surface area contributed by atoms with Crippen LogP contribution in [0.1, 0.15) is 32.5 Å². The summed E-state index contributed by atoms with van der Waals surface area (Å²) in [7, 11) is 3.50. The first-order valence-electron chi connectivity index (χ1n) is 6.32. The molecule has 0 aliphatic rings. The van der Waals surface area contributed by atoms with E-state index in [-0.39, 0.29) is 34.5 Å². The van der Waals surface area contributed by atoms with Crippen LogP contribution in [0.4, 0.5) is 5.00 Å². The molecule has 0 bridgehead atoms. The molecule has 1 aromatic heterocycles. The molecule has 0 unspecified atom stereocenters. The maximum absolute atomic E-state index is 12.0. The van der Waals surface area contributed by atoms with Gasteiger partial charge in [-0.3, -0.25) is 9.59 Å². The highest BCUT2D eigenvalue weighted by molar-refractivity contribution is 7.18. The number of primary amides is 1. The largest absolute Gasteiger partial charge is 0.462 e. The van der Waals surface area contributed by atoms with Gasteiger partial charge in [0.05, 0.1) is 23.6 Å². The van der Waals surface area contributed by atoms with E-state index in [0.29, 0.717) is 5.56 Å². The Kier molecular flexibility index (Phi) is 5.86. The van der Waals surface area contributed by atoms with Crippen molar-refractivity contribution in [1.29, 1.82) is 0 Å². The molecule has 7 nitrogen and oxygen atoms in total. The molecule has 0 spiro atoms. The monoisotopic (exact) mass is 313 g/mol. The lowest BCUT2D eigenvalue weighted by molar-refractivity contribution is -0.116. The molecular weight excluding hydrogens is 294 g/mol. The normalized spacial score (nSPS) is 10.5. The van der Waals surface area contributed by atoms with Crippen LogP contribution in [0.15, 0.2) is 0 Å². The maximum Gasteiger partial charge on any atom is 0.341 e. The van der Waals surface area contributed by atoms with Crippen molar-refractivity contribution in [3.63, 3.8) is 0 Å².